The molecule has 0 bridgehead atoms. The van der Waals surface area contributed by atoms with Gasteiger partial charge in [0.15, 0.2) is 5.69 Å². The molecule has 2 rings (SSSR count). The van der Waals surface area contributed by atoms with Gasteiger partial charge in [-0.15, -0.1) is 0 Å². The number of nitrogens with zero attached hydrogens (tertiary/aromatic N) is 1. The van der Waals surface area contributed by atoms with Gasteiger partial charge in [-0.3, -0.25) is 9.89 Å². The van der Waals surface area contributed by atoms with E-state index in [2.05, 4.69) is 29.4 Å². The highest BCUT2D eigenvalue weighted by Crippen LogP contribution is 2.19. The number of amides is 1. The summed E-state index contributed by atoms with van der Waals surface area (Å²) in [6.45, 7) is 4.18. The molecule has 0 aliphatic rings. The van der Waals surface area contributed by atoms with Crippen molar-refractivity contribution in [2.75, 3.05) is 5.73 Å². The molecular formula is C14H20N4O. The number of carbonyl (C=O) groups is 1. The summed E-state index contributed by atoms with van der Waals surface area (Å²) in [5.41, 5.74) is 7.62. The summed E-state index contributed by atoms with van der Waals surface area (Å²) in [7, 11) is 0. The maximum atomic E-state index is 12.2. The third-order valence-electron chi connectivity index (χ3n) is 3.27. The van der Waals surface area contributed by atoms with Crippen molar-refractivity contribution in [3.8, 4) is 0 Å². The summed E-state index contributed by atoms with van der Waals surface area (Å²) < 4.78 is 0. The fourth-order valence-corrected chi connectivity index (χ4v) is 2.19. The normalized spacial score (nSPS) is 12.5. The van der Waals surface area contributed by atoms with Crippen LogP contribution in [0.2, 0.25) is 0 Å². The molecule has 1 amide bonds. The van der Waals surface area contributed by atoms with Crippen molar-refractivity contribution in [2.24, 2.45) is 0 Å². The van der Waals surface area contributed by atoms with Crippen molar-refractivity contribution in [3.63, 3.8) is 0 Å². The van der Waals surface area contributed by atoms with Crippen LogP contribution in [0, 0.1) is 0 Å². The lowest BCUT2D eigenvalue weighted by molar-refractivity contribution is 0.0930. The molecule has 1 aromatic heterocycles. The third-order valence-corrected chi connectivity index (χ3v) is 3.27. The van der Waals surface area contributed by atoms with E-state index in [1.54, 1.807) is 12.1 Å². The number of hydrogen-bond acceptors (Lipinski definition) is 3. The zero-order valence-corrected chi connectivity index (χ0v) is 11.4. The highest BCUT2D eigenvalue weighted by Gasteiger charge is 2.17. The van der Waals surface area contributed by atoms with Gasteiger partial charge in [-0.1, -0.05) is 20.3 Å². The minimum absolute atomic E-state index is 0.142. The smallest absolute Gasteiger partial charge is 0.272 e. The molecule has 2 aromatic rings. The molecule has 5 heteroatoms. The van der Waals surface area contributed by atoms with Crippen molar-refractivity contribution in [1.82, 2.24) is 15.5 Å². The third kappa shape index (κ3) is 2.86. The van der Waals surface area contributed by atoms with Crippen LogP contribution in [-0.2, 0) is 0 Å². The number of nitrogens with one attached hydrogen (secondary N) is 2. The molecule has 0 fully saturated rings. The molecular weight excluding hydrogens is 240 g/mol. The molecule has 0 aliphatic carbocycles. The molecule has 19 heavy (non-hydrogen) atoms. The molecule has 0 saturated heterocycles. The first kappa shape index (κ1) is 13.4. The number of aromatic amines is 1. The Hall–Kier alpha value is -2.04. The average Bonchev–Trinajstić information content (AvgIpc) is 2.81. The van der Waals surface area contributed by atoms with E-state index < -0.39 is 0 Å². The van der Waals surface area contributed by atoms with Gasteiger partial charge in [0, 0.05) is 17.1 Å². The zero-order valence-electron chi connectivity index (χ0n) is 11.4. The van der Waals surface area contributed by atoms with Crippen LogP contribution in [0.3, 0.4) is 0 Å². The predicted octanol–water partition coefficient (Wildman–Crippen LogP) is 2.45. The van der Waals surface area contributed by atoms with Gasteiger partial charge in [0.2, 0.25) is 0 Å². The number of fused-ring (bicyclic) bond motifs is 1. The summed E-state index contributed by atoms with van der Waals surface area (Å²) in [6, 6.07) is 5.59. The van der Waals surface area contributed by atoms with Gasteiger partial charge in [-0.25, -0.2) is 0 Å². The molecule has 4 N–H and O–H groups in total. The molecule has 1 aromatic carbocycles. The van der Waals surface area contributed by atoms with Crippen LogP contribution in [0.15, 0.2) is 18.2 Å². The Kier molecular flexibility index (Phi) is 4.04. The number of nitrogen functional groups attached to an aromatic ring is 1. The second-order valence-electron chi connectivity index (χ2n) is 4.74. The van der Waals surface area contributed by atoms with E-state index in [0.29, 0.717) is 11.4 Å². The Morgan fingerprint density at radius 2 is 2.26 bits per heavy atom. The van der Waals surface area contributed by atoms with E-state index in [0.717, 1.165) is 30.2 Å². The van der Waals surface area contributed by atoms with Crippen LogP contribution in [0.5, 0.6) is 0 Å². The van der Waals surface area contributed by atoms with Gasteiger partial charge < -0.3 is 11.1 Å². The number of rotatable bonds is 5. The maximum absolute atomic E-state index is 12.2. The average molecular weight is 260 g/mol. The fraction of sp³-hybridized carbons (Fsp3) is 0.429. The van der Waals surface area contributed by atoms with Crippen LogP contribution in [0.25, 0.3) is 10.9 Å². The number of nitrogens with two attached hydrogens (primary N) is 1. The lowest BCUT2D eigenvalue weighted by atomic mass is 10.1. The monoisotopic (exact) mass is 260 g/mol. The van der Waals surface area contributed by atoms with Crippen LogP contribution in [0.1, 0.15) is 43.6 Å². The van der Waals surface area contributed by atoms with Crippen LogP contribution in [-0.4, -0.2) is 22.1 Å². The van der Waals surface area contributed by atoms with Gasteiger partial charge in [0.25, 0.3) is 5.91 Å². The summed E-state index contributed by atoms with van der Waals surface area (Å²) in [4.78, 5) is 12.2. The second kappa shape index (κ2) is 5.73. The van der Waals surface area contributed by atoms with E-state index in [9.17, 15) is 4.79 Å². The van der Waals surface area contributed by atoms with E-state index >= 15 is 0 Å². The van der Waals surface area contributed by atoms with Crippen molar-refractivity contribution in [1.29, 1.82) is 0 Å². The lowest BCUT2D eigenvalue weighted by Gasteiger charge is -2.15. The van der Waals surface area contributed by atoms with Crippen LogP contribution >= 0.6 is 0 Å². The zero-order chi connectivity index (χ0) is 13.8. The maximum Gasteiger partial charge on any atom is 0.272 e. The molecule has 102 valence electrons. The summed E-state index contributed by atoms with van der Waals surface area (Å²) >= 11 is 0. The SMILES string of the molecule is CCCC(CC)NC(=O)c1n[nH]c2ccc(N)cc12. The summed E-state index contributed by atoms with van der Waals surface area (Å²) in [5.74, 6) is -0.142. The van der Waals surface area contributed by atoms with Gasteiger partial charge in [-0.2, -0.15) is 5.10 Å². The number of anilines is 1. The highest BCUT2D eigenvalue weighted by atomic mass is 16.2. The minimum Gasteiger partial charge on any atom is -0.399 e. The number of H-pyrrole nitrogens is 1. The fourth-order valence-electron chi connectivity index (χ4n) is 2.19. The van der Waals surface area contributed by atoms with Crippen molar-refractivity contribution < 1.29 is 4.79 Å². The Morgan fingerprint density at radius 1 is 1.47 bits per heavy atom. The molecule has 1 atom stereocenters. The molecule has 0 aliphatic heterocycles. The minimum atomic E-state index is -0.142. The Bertz CT molecular complexity index is 576. The molecule has 0 radical (unpaired) electrons. The number of benzene rings is 1. The van der Waals surface area contributed by atoms with E-state index in [4.69, 9.17) is 5.73 Å². The molecule has 0 spiro atoms. The van der Waals surface area contributed by atoms with E-state index in [-0.39, 0.29) is 11.9 Å². The Morgan fingerprint density at radius 3 is 2.95 bits per heavy atom. The van der Waals surface area contributed by atoms with E-state index in [1.165, 1.54) is 0 Å². The van der Waals surface area contributed by atoms with E-state index in [1.807, 2.05) is 6.07 Å². The largest absolute Gasteiger partial charge is 0.399 e. The Labute approximate surface area is 112 Å². The van der Waals surface area contributed by atoms with Crippen molar-refractivity contribution >= 4 is 22.5 Å². The number of hydrogen-bond donors (Lipinski definition) is 3. The lowest BCUT2D eigenvalue weighted by Crippen LogP contribution is -2.34. The van der Waals surface area contributed by atoms with Crippen molar-refractivity contribution in [2.45, 2.75) is 39.2 Å². The first-order valence-electron chi connectivity index (χ1n) is 6.70. The first-order valence-corrected chi connectivity index (χ1v) is 6.70. The molecule has 5 nitrogen and oxygen atoms in total. The van der Waals surface area contributed by atoms with Gasteiger partial charge in [-0.05, 0) is 31.0 Å². The topological polar surface area (TPSA) is 83.8 Å². The van der Waals surface area contributed by atoms with Crippen LogP contribution < -0.4 is 11.1 Å². The quantitative estimate of drug-likeness (QED) is 0.722. The summed E-state index contributed by atoms with van der Waals surface area (Å²) in [5, 5.41) is 10.7. The molecule has 1 unspecified atom stereocenters. The molecule has 1 heterocycles. The molecule has 0 saturated carbocycles. The van der Waals surface area contributed by atoms with Gasteiger partial charge >= 0.3 is 0 Å². The highest BCUT2D eigenvalue weighted by molar-refractivity contribution is 6.05. The summed E-state index contributed by atoms with van der Waals surface area (Å²) in [6.07, 6.45) is 2.95. The number of carbonyl (C=O) groups excluding carboxylic acids is 1. The standard InChI is InChI=1S/C14H20N4O/c1-3-5-10(4-2)16-14(19)13-11-8-9(15)6-7-12(11)17-18-13/h6-8,10H,3-5,15H2,1-2H3,(H,16,19)(H,17,18). The van der Waals surface area contributed by atoms with Gasteiger partial charge in [0.1, 0.15) is 0 Å². The number of aromatic nitrogens is 2. The first-order chi connectivity index (χ1) is 9.15. The van der Waals surface area contributed by atoms with Gasteiger partial charge in [0.05, 0.1) is 5.52 Å². The van der Waals surface area contributed by atoms with Crippen molar-refractivity contribution in [3.05, 3.63) is 23.9 Å². The van der Waals surface area contributed by atoms with Crippen LogP contribution in [0.4, 0.5) is 5.69 Å². The predicted molar refractivity (Wildman–Crippen MR) is 77.0 cm³/mol. The Balaban J connectivity index is 2.23. The second-order valence-corrected chi connectivity index (χ2v) is 4.74.